The Kier molecular flexibility index (Phi) is 4.48. The number of nitro groups is 1. The Hall–Kier alpha value is -2.07. The Bertz CT molecular complexity index is 698. The Morgan fingerprint density at radius 3 is 2.33 bits per heavy atom. The number of hydrogen-bond donors (Lipinski definition) is 0. The van der Waals surface area contributed by atoms with Crippen LogP contribution in [0.1, 0.15) is 22.3 Å². The van der Waals surface area contributed by atoms with Crippen LogP contribution in [0.25, 0.3) is 0 Å². The van der Waals surface area contributed by atoms with Crippen molar-refractivity contribution in [1.82, 2.24) is 0 Å². The smallest absolute Gasteiger partial charge is 0.276 e. The predicted molar refractivity (Wildman–Crippen MR) is 83.4 cm³/mol. The molecule has 0 bridgehead atoms. The molecule has 21 heavy (non-hydrogen) atoms. The second-order valence-corrected chi connectivity index (χ2v) is 5.26. The van der Waals surface area contributed by atoms with E-state index in [9.17, 15) is 10.1 Å². The largest absolute Gasteiger partial charge is 0.457 e. The van der Waals surface area contributed by atoms with Crippen LogP contribution >= 0.6 is 11.6 Å². The van der Waals surface area contributed by atoms with Crippen molar-refractivity contribution < 1.29 is 9.66 Å². The molecule has 2 aromatic rings. The molecule has 0 saturated heterocycles. The highest BCUT2D eigenvalue weighted by molar-refractivity contribution is 6.17. The second kappa shape index (κ2) is 6.14. The fraction of sp³-hybridized carbons (Fsp3) is 0.250. The molecule has 0 aliphatic heterocycles. The van der Waals surface area contributed by atoms with Crippen molar-refractivity contribution >= 4 is 17.3 Å². The molecular weight excluding hydrogens is 290 g/mol. The van der Waals surface area contributed by atoms with Gasteiger partial charge in [0.05, 0.1) is 11.0 Å². The van der Waals surface area contributed by atoms with Gasteiger partial charge in [0, 0.05) is 11.4 Å². The average molecular weight is 306 g/mol. The molecule has 0 N–H and O–H groups in total. The summed E-state index contributed by atoms with van der Waals surface area (Å²) in [5.74, 6) is 1.54. The first kappa shape index (κ1) is 15.3. The van der Waals surface area contributed by atoms with Crippen LogP contribution in [0, 0.1) is 30.9 Å². The number of hydrogen-bond acceptors (Lipinski definition) is 3. The van der Waals surface area contributed by atoms with Gasteiger partial charge in [-0.1, -0.05) is 12.1 Å². The fourth-order valence-electron chi connectivity index (χ4n) is 2.08. The summed E-state index contributed by atoms with van der Waals surface area (Å²) in [5.41, 5.74) is 3.43. The molecule has 5 heteroatoms. The molecule has 0 aliphatic rings. The number of nitro benzene ring substituents is 1. The highest BCUT2D eigenvalue weighted by atomic mass is 35.5. The maximum atomic E-state index is 11.0. The molecule has 110 valence electrons. The first-order valence-electron chi connectivity index (χ1n) is 6.51. The number of rotatable bonds is 4. The summed E-state index contributed by atoms with van der Waals surface area (Å²) in [6.45, 7) is 5.51. The van der Waals surface area contributed by atoms with E-state index in [1.54, 1.807) is 13.0 Å². The number of halogens is 1. The summed E-state index contributed by atoms with van der Waals surface area (Å²) in [6, 6.07) is 8.93. The maximum Gasteiger partial charge on any atom is 0.276 e. The van der Waals surface area contributed by atoms with E-state index in [0.29, 0.717) is 22.9 Å². The second-order valence-electron chi connectivity index (χ2n) is 5.00. The molecule has 0 unspecified atom stereocenters. The van der Waals surface area contributed by atoms with Crippen LogP contribution in [-0.4, -0.2) is 4.92 Å². The highest BCUT2D eigenvalue weighted by Crippen LogP contribution is 2.33. The number of alkyl halides is 1. The Labute approximate surface area is 128 Å². The Balaban J connectivity index is 2.44. The van der Waals surface area contributed by atoms with E-state index < -0.39 is 4.92 Å². The van der Waals surface area contributed by atoms with Gasteiger partial charge in [-0.25, -0.2) is 0 Å². The zero-order chi connectivity index (χ0) is 15.6. The zero-order valence-corrected chi connectivity index (χ0v) is 12.9. The van der Waals surface area contributed by atoms with Gasteiger partial charge in [-0.15, -0.1) is 11.6 Å². The zero-order valence-electron chi connectivity index (χ0n) is 12.1. The summed E-state index contributed by atoms with van der Waals surface area (Å²) in [7, 11) is 0. The van der Waals surface area contributed by atoms with E-state index in [2.05, 4.69) is 0 Å². The van der Waals surface area contributed by atoms with Crippen molar-refractivity contribution in [3.8, 4) is 11.5 Å². The van der Waals surface area contributed by atoms with Crippen molar-refractivity contribution in [2.24, 2.45) is 0 Å². The van der Waals surface area contributed by atoms with Gasteiger partial charge in [-0.2, -0.15) is 0 Å². The molecular formula is C16H16ClNO3. The standard InChI is InChI=1S/C16H16ClNO3/c1-10-4-5-13(9-17)7-15(10)21-16-8-14(18(19)20)11(2)6-12(16)3/h4-8H,9H2,1-3H3. The molecule has 0 heterocycles. The van der Waals surface area contributed by atoms with Crippen molar-refractivity contribution in [1.29, 1.82) is 0 Å². The van der Waals surface area contributed by atoms with Gasteiger partial charge in [-0.3, -0.25) is 10.1 Å². The van der Waals surface area contributed by atoms with E-state index in [1.807, 2.05) is 32.0 Å². The van der Waals surface area contributed by atoms with Crippen LogP contribution in [0.2, 0.25) is 0 Å². The van der Waals surface area contributed by atoms with Crippen LogP contribution in [-0.2, 0) is 5.88 Å². The Morgan fingerprint density at radius 1 is 1.05 bits per heavy atom. The van der Waals surface area contributed by atoms with E-state index in [1.165, 1.54) is 6.07 Å². The third-order valence-corrected chi connectivity index (χ3v) is 3.63. The fourth-order valence-corrected chi connectivity index (χ4v) is 2.25. The number of benzene rings is 2. The molecule has 2 rings (SSSR count). The minimum absolute atomic E-state index is 0.0572. The molecule has 0 aliphatic carbocycles. The maximum absolute atomic E-state index is 11.0. The minimum atomic E-state index is -0.399. The minimum Gasteiger partial charge on any atom is -0.457 e. The van der Waals surface area contributed by atoms with Gasteiger partial charge in [0.25, 0.3) is 5.69 Å². The number of nitrogens with zero attached hydrogens (tertiary/aromatic N) is 1. The van der Waals surface area contributed by atoms with Gasteiger partial charge in [0.1, 0.15) is 11.5 Å². The molecule has 0 radical (unpaired) electrons. The lowest BCUT2D eigenvalue weighted by Gasteiger charge is -2.12. The normalized spacial score (nSPS) is 10.5. The highest BCUT2D eigenvalue weighted by Gasteiger charge is 2.15. The molecule has 4 nitrogen and oxygen atoms in total. The Morgan fingerprint density at radius 2 is 1.71 bits per heavy atom. The van der Waals surface area contributed by atoms with E-state index in [0.717, 1.165) is 16.7 Å². The molecule has 0 amide bonds. The predicted octanol–water partition coefficient (Wildman–Crippen LogP) is 5.05. The van der Waals surface area contributed by atoms with Gasteiger partial charge in [-0.05, 0) is 49.6 Å². The van der Waals surface area contributed by atoms with Crippen molar-refractivity contribution in [3.63, 3.8) is 0 Å². The van der Waals surface area contributed by atoms with E-state index >= 15 is 0 Å². The summed E-state index contributed by atoms with van der Waals surface area (Å²) in [4.78, 5) is 10.6. The monoisotopic (exact) mass is 305 g/mol. The summed E-state index contributed by atoms with van der Waals surface area (Å²) in [5, 5.41) is 11.0. The first-order chi connectivity index (χ1) is 9.92. The lowest BCUT2D eigenvalue weighted by atomic mass is 10.1. The average Bonchev–Trinajstić information content (AvgIpc) is 2.43. The van der Waals surface area contributed by atoms with E-state index in [-0.39, 0.29) is 5.69 Å². The van der Waals surface area contributed by atoms with Crippen LogP contribution in [0.4, 0.5) is 5.69 Å². The van der Waals surface area contributed by atoms with E-state index in [4.69, 9.17) is 16.3 Å². The summed E-state index contributed by atoms with van der Waals surface area (Å²) in [6.07, 6.45) is 0. The molecule has 2 aromatic carbocycles. The van der Waals surface area contributed by atoms with Crippen LogP contribution in [0.3, 0.4) is 0 Å². The quantitative estimate of drug-likeness (QED) is 0.451. The third-order valence-electron chi connectivity index (χ3n) is 3.32. The lowest BCUT2D eigenvalue weighted by molar-refractivity contribution is -0.385. The SMILES string of the molecule is Cc1ccc(CCl)cc1Oc1cc([N+](=O)[O-])c(C)cc1C. The molecule has 0 atom stereocenters. The third kappa shape index (κ3) is 3.34. The molecule has 0 spiro atoms. The van der Waals surface area contributed by atoms with Crippen molar-refractivity contribution in [3.05, 3.63) is 62.7 Å². The topological polar surface area (TPSA) is 52.4 Å². The van der Waals surface area contributed by atoms with Crippen LogP contribution < -0.4 is 4.74 Å². The van der Waals surface area contributed by atoms with Gasteiger partial charge in [0.2, 0.25) is 0 Å². The van der Waals surface area contributed by atoms with Gasteiger partial charge >= 0.3 is 0 Å². The van der Waals surface area contributed by atoms with Crippen molar-refractivity contribution in [2.45, 2.75) is 26.7 Å². The molecule has 0 saturated carbocycles. The van der Waals surface area contributed by atoms with Gasteiger partial charge < -0.3 is 4.74 Å². The number of aryl methyl sites for hydroxylation is 3. The van der Waals surface area contributed by atoms with Crippen molar-refractivity contribution in [2.75, 3.05) is 0 Å². The first-order valence-corrected chi connectivity index (χ1v) is 7.05. The van der Waals surface area contributed by atoms with Crippen LogP contribution in [0.15, 0.2) is 30.3 Å². The summed E-state index contributed by atoms with van der Waals surface area (Å²) >= 11 is 5.83. The van der Waals surface area contributed by atoms with Gasteiger partial charge in [0.15, 0.2) is 0 Å². The van der Waals surface area contributed by atoms with Crippen LogP contribution in [0.5, 0.6) is 11.5 Å². The lowest BCUT2D eigenvalue weighted by Crippen LogP contribution is -1.96. The summed E-state index contributed by atoms with van der Waals surface area (Å²) < 4.78 is 5.87. The molecule has 0 fully saturated rings. The molecule has 0 aromatic heterocycles. The number of ether oxygens (including phenoxy) is 1.